The fourth-order valence-electron chi connectivity index (χ4n) is 3.88. The summed E-state index contributed by atoms with van der Waals surface area (Å²) in [6.07, 6.45) is 4.48. The van der Waals surface area contributed by atoms with E-state index >= 15 is 0 Å². The van der Waals surface area contributed by atoms with Crippen molar-refractivity contribution in [3.8, 4) is 0 Å². The summed E-state index contributed by atoms with van der Waals surface area (Å²) in [5.41, 5.74) is 8.29. The number of halogens is 1. The van der Waals surface area contributed by atoms with Crippen molar-refractivity contribution in [2.75, 3.05) is 11.9 Å². The molecule has 1 aliphatic rings. The minimum Gasteiger partial charge on any atom is -0.323 e. The maximum absolute atomic E-state index is 13.2. The van der Waals surface area contributed by atoms with Crippen molar-refractivity contribution >= 4 is 21.6 Å². The number of sulfonamides is 1. The van der Waals surface area contributed by atoms with E-state index in [2.05, 4.69) is 10.3 Å². The number of nitrogens with one attached hydrogen (secondary N) is 1. The largest absolute Gasteiger partial charge is 0.323 e. The highest BCUT2D eigenvalue weighted by Crippen LogP contribution is 2.32. The number of carbonyl (C=O) groups excluding carboxylic acids is 1. The SMILES string of the molecule is NC(c1ccc(C(=O)Nc2ccncc2)cc1)C1CCCN1S(=O)(=O)c1ccc(F)cc1. The van der Waals surface area contributed by atoms with Gasteiger partial charge < -0.3 is 11.1 Å². The van der Waals surface area contributed by atoms with Gasteiger partial charge in [-0.25, -0.2) is 12.8 Å². The van der Waals surface area contributed by atoms with Crippen molar-refractivity contribution in [2.24, 2.45) is 5.73 Å². The molecule has 0 spiro atoms. The Morgan fingerprint density at radius 3 is 2.38 bits per heavy atom. The summed E-state index contributed by atoms with van der Waals surface area (Å²) in [5.74, 6) is -0.760. The van der Waals surface area contributed by atoms with Gasteiger partial charge in [-0.1, -0.05) is 12.1 Å². The second-order valence-electron chi connectivity index (χ2n) is 7.62. The molecule has 2 aromatic carbocycles. The lowest BCUT2D eigenvalue weighted by Gasteiger charge is -2.29. The number of pyridine rings is 1. The first-order chi connectivity index (χ1) is 15.4. The van der Waals surface area contributed by atoms with Crippen LogP contribution in [0.1, 0.15) is 34.8 Å². The Bertz CT molecular complexity index is 1190. The summed E-state index contributed by atoms with van der Waals surface area (Å²) in [6.45, 7) is 0.352. The molecule has 1 saturated heterocycles. The molecular formula is C23H23FN4O3S. The number of aromatic nitrogens is 1. The number of nitrogens with zero attached hydrogens (tertiary/aromatic N) is 2. The molecule has 1 fully saturated rings. The van der Waals surface area contributed by atoms with Crippen LogP contribution in [0.25, 0.3) is 0 Å². The van der Waals surface area contributed by atoms with E-state index in [-0.39, 0.29) is 10.8 Å². The molecule has 0 radical (unpaired) electrons. The molecule has 32 heavy (non-hydrogen) atoms. The third-order valence-electron chi connectivity index (χ3n) is 5.58. The lowest BCUT2D eigenvalue weighted by atomic mass is 9.98. The van der Waals surface area contributed by atoms with Gasteiger partial charge in [-0.15, -0.1) is 0 Å². The molecule has 4 rings (SSSR count). The summed E-state index contributed by atoms with van der Waals surface area (Å²) in [4.78, 5) is 16.4. The van der Waals surface area contributed by atoms with Crippen LogP contribution in [0.5, 0.6) is 0 Å². The van der Waals surface area contributed by atoms with Crippen LogP contribution in [0.15, 0.2) is 78.0 Å². The highest BCUT2D eigenvalue weighted by atomic mass is 32.2. The molecule has 3 N–H and O–H groups in total. The monoisotopic (exact) mass is 454 g/mol. The van der Waals surface area contributed by atoms with Crippen LogP contribution >= 0.6 is 0 Å². The Labute approximate surface area is 186 Å². The van der Waals surface area contributed by atoms with E-state index in [1.807, 2.05) is 0 Å². The fourth-order valence-corrected chi connectivity index (χ4v) is 5.60. The van der Waals surface area contributed by atoms with Gasteiger partial charge in [0, 0.05) is 42.3 Å². The molecule has 0 bridgehead atoms. The normalized spacial score (nSPS) is 17.8. The Morgan fingerprint density at radius 1 is 1.06 bits per heavy atom. The predicted molar refractivity (Wildman–Crippen MR) is 119 cm³/mol. The molecule has 2 unspecified atom stereocenters. The molecule has 2 atom stereocenters. The van der Waals surface area contributed by atoms with Gasteiger partial charge in [0.15, 0.2) is 0 Å². The lowest BCUT2D eigenvalue weighted by molar-refractivity contribution is 0.102. The number of amides is 1. The van der Waals surface area contributed by atoms with Crippen LogP contribution in [-0.4, -0.2) is 36.2 Å². The van der Waals surface area contributed by atoms with Crippen molar-refractivity contribution in [1.82, 2.24) is 9.29 Å². The van der Waals surface area contributed by atoms with E-state index in [0.29, 0.717) is 30.6 Å². The van der Waals surface area contributed by atoms with Crippen LogP contribution in [0.3, 0.4) is 0 Å². The summed E-state index contributed by atoms with van der Waals surface area (Å²) in [5, 5.41) is 2.79. The first kappa shape index (κ1) is 22.1. The summed E-state index contributed by atoms with van der Waals surface area (Å²) < 4.78 is 40.8. The fraction of sp³-hybridized carbons (Fsp3) is 0.217. The average Bonchev–Trinajstić information content (AvgIpc) is 3.31. The summed E-state index contributed by atoms with van der Waals surface area (Å²) in [7, 11) is -3.80. The molecule has 1 amide bonds. The van der Waals surface area contributed by atoms with Gasteiger partial charge >= 0.3 is 0 Å². The molecule has 9 heteroatoms. The number of anilines is 1. The lowest BCUT2D eigenvalue weighted by Crippen LogP contribution is -2.42. The molecule has 2 heterocycles. The number of nitrogens with two attached hydrogens (primary N) is 1. The van der Waals surface area contributed by atoms with Crippen LogP contribution in [-0.2, 0) is 10.0 Å². The van der Waals surface area contributed by atoms with E-state index in [4.69, 9.17) is 5.73 Å². The zero-order chi connectivity index (χ0) is 22.7. The van der Waals surface area contributed by atoms with Gasteiger partial charge in [-0.2, -0.15) is 4.31 Å². The second-order valence-corrected chi connectivity index (χ2v) is 9.51. The molecule has 3 aromatic rings. The first-order valence-electron chi connectivity index (χ1n) is 10.2. The average molecular weight is 455 g/mol. The van der Waals surface area contributed by atoms with Crippen LogP contribution < -0.4 is 11.1 Å². The van der Waals surface area contributed by atoms with E-state index in [9.17, 15) is 17.6 Å². The highest BCUT2D eigenvalue weighted by molar-refractivity contribution is 7.89. The Hall–Kier alpha value is -3.14. The second kappa shape index (κ2) is 9.15. The number of hydrogen-bond donors (Lipinski definition) is 2. The Balaban J connectivity index is 1.50. The van der Waals surface area contributed by atoms with E-state index in [1.165, 1.54) is 16.4 Å². The van der Waals surface area contributed by atoms with Crippen molar-refractivity contribution in [1.29, 1.82) is 0 Å². The molecule has 166 valence electrons. The van der Waals surface area contributed by atoms with Crippen LogP contribution in [0.4, 0.5) is 10.1 Å². The van der Waals surface area contributed by atoms with Gasteiger partial charge in [0.25, 0.3) is 5.91 Å². The van der Waals surface area contributed by atoms with Gasteiger partial charge in [-0.05, 0) is 66.9 Å². The first-order valence-corrected chi connectivity index (χ1v) is 11.6. The van der Waals surface area contributed by atoms with Gasteiger partial charge in [0.1, 0.15) is 5.82 Å². The van der Waals surface area contributed by atoms with Gasteiger partial charge in [0.2, 0.25) is 10.0 Å². The van der Waals surface area contributed by atoms with E-state index in [0.717, 1.165) is 17.7 Å². The molecular weight excluding hydrogens is 431 g/mol. The smallest absolute Gasteiger partial charge is 0.255 e. The van der Waals surface area contributed by atoms with Crippen molar-refractivity contribution in [3.63, 3.8) is 0 Å². The number of carbonyl (C=O) groups is 1. The summed E-state index contributed by atoms with van der Waals surface area (Å²) >= 11 is 0. The zero-order valence-corrected chi connectivity index (χ0v) is 18.0. The number of rotatable bonds is 6. The predicted octanol–water partition coefficient (Wildman–Crippen LogP) is 3.33. The van der Waals surface area contributed by atoms with Crippen LogP contribution in [0.2, 0.25) is 0 Å². The minimum atomic E-state index is -3.80. The topological polar surface area (TPSA) is 105 Å². The molecule has 7 nitrogen and oxygen atoms in total. The number of hydrogen-bond acceptors (Lipinski definition) is 5. The highest BCUT2D eigenvalue weighted by Gasteiger charge is 2.39. The summed E-state index contributed by atoms with van der Waals surface area (Å²) in [6, 6.07) is 14.0. The van der Waals surface area contributed by atoms with Crippen molar-refractivity contribution in [3.05, 3.63) is 90.0 Å². The zero-order valence-electron chi connectivity index (χ0n) is 17.2. The third kappa shape index (κ3) is 4.55. The maximum Gasteiger partial charge on any atom is 0.255 e. The van der Waals surface area contributed by atoms with Crippen molar-refractivity contribution in [2.45, 2.75) is 29.8 Å². The van der Waals surface area contributed by atoms with Gasteiger partial charge in [0.05, 0.1) is 4.90 Å². The minimum absolute atomic E-state index is 0.0427. The molecule has 1 aromatic heterocycles. The quantitative estimate of drug-likeness (QED) is 0.594. The van der Waals surface area contributed by atoms with E-state index < -0.39 is 27.9 Å². The molecule has 1 aliphatic heterocycles. The van der Waals surface area contributed by atoms with Crippen LogP contribution in [0, 0.1) is 5.82 Å². The van der Waals surface area contributed by atoms with Gasteiger partial charge in [-0.3, -0.25) is 9.78 Å². The molecule has 0 aliphatic carbocycles. The molecule has 0 saturated carbocycles. The van der Waals surface area contributed by atoms with Crippen molar-refractivity contribution < 1.29 is 17.6 Å². The number of benzene rings is 2. The third-order valence-corrected chi connectivity index (χ3v) is 7.52. The Morgan fingerprint density at radius 2 is 1.72 bits per heavy atom. The standard InChI is InChI=1S/C23H23FN4O3S/c24-18-7-9-20(10-8-18)32(30,31)28-15-1-2-21(28)22(25)16-3-5-17(6-4-16)23(29)27-19-11-13-26-14-12-19/h3-14,21-22H,1-2,15,25H2,(H,26,27,29). The Kier molecular flexibility index (Phi) is 6.31. The van der Waals surface area contributed by atoms with E-state index in [1.54, 1.807) is 48.8 Å². The maximum atomic E-state index is 13.2.